The lowest BCUT2D eigenvalue weighted by atomic mass is 10.1. The van der Waals surface area contributed by atoms with E-state index in [0.717, 1.165) is 10.4 Å². The minimum Gasteiger partial charge on any atom is -0.462 e. The van der Waals surface area contributed by atoms with Crippen LogP contribution in [0.1, 0.15) is 27.7 Å². The molecule has 0 spiro atoms. The van der Waals surface area contributed by atoms with E-state index in [-0.39, 0.29) is 16.5 Å². The van der Waals surface area contributed by atoms with E-state index in [2.05, 4.69) is 20.3 Å². The van der Waals surface area contributed by atoms with Gasteiger partial charge in [0.25, 0.3) is 0 Å². The summed E-state index contributed by atoms with van der Waals surface area (Å²) in [5.41, 5.74) is 1.32. The number of thiophene rings is 1. The van der Waals surface area contributed by atoms with E-state index in [1.165, 1.54) is 11.3 Å². The highest BCUT2D eigenvalue weighted by molar-refractivity contribution is 7.16. The van der Waals surface area contributed by atoms with Crippen molar-refractivity contribution in [3.8, 4) is 0 Å². The molecule has 0 saturated heterocycles. The van der Waals surface area contributed by atoms with Crippen LogP contribution in [-0.4, -0.2) is 27.5 Å². The zero-order valence-corrected chi connectivity index (χ0v) is 13.9. The highest BCUT2D eigenvalue weighted by atomic mass is 35.5. The minimum absolute atomic E-state index is 0.0276. The van der Waals surface area contributed by atoms with Gasteiger partial charge in [0.1, 0.15) is 5.00 Å². The summed E-state index contributed by atoms with van der Waals surface area (Å²) in [5, 5.41) is 3.47. The molecule has 2 aromatic heterocycles. The molecule has 2 heterocycles. The Morgan fingerprint density at radius 1 is 1.24 bits per heavy atom. The van der Waals surface area contributed by atoms with Crippen molar-refractivity contribution in [3.05, 3.63) is 26.6 Å². The smallest absolute Gasteiger partial charge is 0.341 e. The van der Waals surface area contributed by atoms with Crippen molar-refractivity contribution in [2.24, 2.45) is 0 Å². The average molecular weight is 347 g/mol. The Labute approximate surface area is 135 Å². The molecule has 0 atom stereocenters. The Kier molecular flexibility index (Phi) is 4.97. The fourth-order valence-electron chi connectivity index (χ4n) is 1.65. The summed E-state index contributed by atoms with van der Waals surface area (Å²) in [4.78, 5) is 24.6. The van der Waals surface area contributed by atoms with Crippen LogP contribution in [0.3, 0.4) is 0 Å². The van der Waals surface area contributed by atoms with E-state index < -0.39 is 5.97 Å². The second-order valence-electron chi connectivity index (χ2n) is 4.03. The number of anilines is 2. The maximum Gasteiger partial charge on any atom is 0.341 e. The second-order valence-corrected chi connectivity index (χ2v) is 5.93. The van der Waals surface area contributed by atoms with Gasteiger partial charge in [-0.1, -0.05) is 0 Å². The number of carbonyl (C=O) groups is 1. The molecule has 0 bridgehead atoms. The van der Waals surface area contributed by atoms with Gasteiger partial charge < -0.3 is 10.1 Å². The number of rotatable bonds is 4. The van der Waals surface area contributed by atoms with E-state index in [9.17, 15) is 4.79 Å². The molecule has 0 fully saturated rings. The third-order valence-electron chi connectivity index (χ3n) is 2.67. The zero-order valence-electron chi connectivity index (χ0n) is 11.5. The van der Waals surface area contributed by atoms with Gasteiger partial charge in [0.05, 0.1) is 12.2 Å². The highest BCUT2D eigenvalue weighted by Gasteiger charge is 2.21. The first-order valence-corrected chi connectivity index (χ1v) is 7.60. The summed E-state index contributed by atoms with van der Waals surface area (Å²) in [7, 11) is 0. The molecule has 0 aliphatic carbocycles. The fourth-order valence-corrected chi connectivity index (χ4v) is 3.05. The van der Waals surface area contributed by atoms with Crippen LogP contribution in [0.25, 0.3) is 0 Å². The molecule has 0 aliphatic rings. The molecule has 0 aliphatic heterocycles. The molecule has 0 unspecified atom stereocenters. The van der Waals surface area contributed by atoms with Crippen LogP contribution >= 0.6 is 34.5 Å². The van der Waals surface area contributed by atoms with Crippen molar-refractivity contribution in [3.63, 3.8) is 0 Å². The fraction of sp³-hybridized carbons (Fsp3) is 0.333. The van der Waals surface area contributed by atoms with Gasteiger partial charge in [-0.2, -0.15) is 15.0 Å². The molecule has 0 aromatic carbocycles. The van der Waals surface area contributed by atoms with Crippen molar-refractivity contribution in [1.29, 1.82) is 0 Å². The van der Waals surface area contributed by atoms with Crippen LogP contribution in [0.2, 0.25) is 10.6 Å². The van der Waals surface area contributed by atoms with Gasteiger partial charge in [-0.15, -0.1) is 11.3 Å². The monoisotopic (exact) mass is 346 g/mol. The number of nitrogens with zero attached hydrogens (tertiary/aromatic N) is 3. The Bertz CT molecular complexity index is 670. The largest absolute Gasteiger partial charge is 0.462 e. The number of aryl methyl sites for hydroxylation is 1. The lowest BCUT2D eigenvalue weighted by molar-refractivity contribution is 0.0527. The number of esters is 1. The predicted octanol–water partition coefficient (Wildman–Crippen LogP) is 3.78. The predicted molar refractivity (Wildman–Crippen MR) is 82.9 cm³/mol. The first-order chi connectivity index (χ1) is 9.92. The van der Waals surface area contributed by atoms with E-state index in [1.54, 1.807) is 6.92 Å². The lowest BCUT2D eigenvalue weighted by Crippen LogP contribution is -2.08. The molecule has 6 nitrogen and oxygen atoms in total. The summed E-state index contributed by atoms with van der Waals surface area (Å²) in [6.45, 7) is 5.83. The van der Waals surface area contributed by atoms with Crippen LogP contribution in [0, 0.1) is 13.8 Å². The van der Waals surface area contributed by atoms with Gasteiger partial charge in [-0.3, -0.25) is 0 Å². The molecule has 2 rings (SSSR count). The van der Waals surface area contributed by atoms with Gasteiger partial charge >= 0.3 is 5.97 Å². The zero-order chi connectivity index (χ0) is 15.6. The maximum absolute atomic E-state index is 12.1. The number of ether oxygens (including phenoxy) is 1. The normalized spacial score (nSPS) is 10.5. The lowest BCUT2D eigenvalue weighted by Gasteiger charge is -2.07. The van der Waals surface area contributed by atoms with E-state index in [4.69, 9.17) is 27.9 Å². The van der Waals surface area contributed by atoms with Gasteiger partial charge in [0, 0.05) is 4.88 Å². The number of nitrogens with one attached hydrogen (secondary N) is 1. The standard InChI is InChI=1S/C12H12Cl2N4O2S/c1-4-20-9(19)7-5(2)6(3)21-8(7)15-12-17-10(13)16-11(14)18-12/h4H2,1-3H3,(H,15,16,17,18). The molecule has 0 amide bonds. The third kappa shape index (κ3) is 3.61. The number of hydrogen-bond donors (Lipinski definition) is 1. The van der Waals surface area contributed by atoms with Crippen LogP contribution in [0.15, 0.2) is 0 Å². The molecule has 1 N–H and O–H groups in total. The number of hydrogen-bond acceptors (Lipinski definition) is 7. The average Bonchev–Trinajstić information content (AvgIpc) is 2.63. The topological polar surface area (TPSA) is 77.0 Å². The Morgan fingerprint density at radius 2 is 1.86 bits per heavy atom. The maximum atomic E-state index is 12.1. The van der Waals surface area contributed by atoms with E-state index >= 15 is 0 Å². The van der Waals surface area contributed by atoms with Crippen LogP contribution in [0.4, 0.5) is 10.9 Å². The quantitative estimate of drug-likeness (QED) is 0.849. The van der Waals surface area contributed by atoms with Crippen molar-refractivity contribution in [2.45, 2.75) is 20.8 Å². The number of aromatic nitrogens is 3. The molecule has 21 heavy (non-hydrogen) atoms. The molecular formula is C12H12Cl2N4O2S. The van der Waals surface area contributed by atoms with Crippen molar-refractivity contribution in [2.75, 3.05) is 11.9 Å². The Hall–Kier alpha value is -1.44. The van der Waals surface area contributed by atoms with Gasteiger partial charge in [-0.05, 0) is 49.5 Å². The highest BCUT2D eigenvalue weighted by Crippen LogP contribution is 2.34. The van der Waals surface area contributed by atoms with Gasteiger partial charge in [0.15, 0.2) is 0 Å². The molecule has 2 aromatic rings. The van der Waals surface area contributed by atoms with Crippen molar-refractivity contribution < 1.29 is 9.53 Å². The molecule has 0 radical (unpaired) electrons. The minimum atomic E-state index is -0.395. The van der Waals surface area contributed by atoms with Crippen molar-refractivity contribution in [1.82, 2.24) is 15.0 Å². The summed E-state index contributed by atoms with van der Waals surface area (Å²) in [6.07, 6.45) is 0. The van der Waals surface area contributed by atoms with Gasteiger partial charge in [0.2, 0.25) is 16.5 Å². The first-order valence-electron chi connectivity index (χ1n) is 6.03. The number of carbonyl (C=O) groups excluding carboxylic acids is 1. The summed E-state index contributed by atoms with van der Waals surface area (Å²) < 4.78 is 5.07. The third-order valence-corrected chi connectivity index (χ3v) is 4.13. The van der Waals surface area contributed by atoms with Crippen LogP contribution in [-0.2, 0) is 4.74 Å². The number of halogens is 2. The molecule has 9 heteroatoms. The van der Waals surface area contributed by atoms with Crippen LogP contribution in [0.5, 0.6) is 0 Å². The molecule has 112 valence electrons. The summed E-state index contributed by atoms with van der Waals surface area (Å²) >= 11 is 12.9. The van der Waals surface area contributed by atoms with Gasteiger partial charge in [-0.25, -0.2) is 4.79 Å². The Morgan fingerprint density at radius 3 is 2.43 bits per heavy atom. The molecule has 0 saturated carbocycles. The SMILES string of the molecule is CCOC(=O)c1c(Nc2nc(Cl)nc(Cl)n2)sc(C)c1C. The summed E-state index contributed by atoms with van der Waals surface area (Å²) in [5.74, 6) is -0.222. The van der Waals surface area contributed by atoms with Crippen LogP contribution < -0.4 is 5.32 Å². The Balaban J connectivity index is 2.39. The first kappa shape index (κ1) is 15.9. The second kappa shape index (κ2) is 6.55. The molecular weight excluding hydrogens is 335 g/mol. The van der Waals surface area contributed by atoms with Crippen molar-refractivity contribution >= 4 is 51.5 Å². The van der Waals surface area contributed by atoms with E-state index in [0.29, 0.717) is 17.2 Å². The summed E-state index contributed by atoms with van der Waals surface area (Å²) in [6, 6.07) is 0. The van der Waals surface area contributed by atoms with E-state index in [1.807, 2.05) is 13.8 Å².